The van der Waals surface area contributed by atoms with E-state index in [2.05, 4.69) is 27.2 Å². The molecule has 3 heterocycles. The Balaban J connectivity index is 1.82. The maximum absolute atomic E-state index is 12.8. The summed E-state index contributed by atoms with van der Waals surface area (Å²) >= 11 is 1.61. The quantitative estimate of drug-likeness (QED) is 0.725. The normalized spacial score (nSPS) is 17.3. The fraction of sp³-hybridized carbons (Fsp3) is 0.524. The predicted octanol–water partition coefficient (Wildman–Crippen LogP) is 3.77. The van der Waals surface area contributed by atoms with Crippen molar-refractivity contribution >= 4 is 28.2 Å². The fourth-order valence-corrected chi connectivity index (χ4v) is 4.25. The number of likely N-dealkylation sites (N-methyl/N-ethyl adjacent to an activating group) is 1. The van der Waals surface area contributed by atoms with E-state index >= 15 is 0 Å². The number of nitrogens with zero attached hydrogens (tertiary/aromatic N) is 5. The molecule has 1 aliphatic heterocycles. The van der Waals surface area contributed by atoms with Crippen molar-refractivity contribution in [1.29, 1.82) is 0 Å². The van der Waals surface area contributed by atoms with Crippen LogP contribution in [0.25, 0.3) is 0 Å². The Morgan fingerprint density at radius 1 is 1.28 bits per heavy atom. The Hall–Kier alpha value is -2.32. The molecule has 0 spiro atoms. The minimum atomic E-state index is -0.0257. The maximum Gasteiger partial charge on any atom is 0.246 e. The molecule has 1 amide bonds. The summed E-state index contributed by atoms with van der Waals surface area (Å²) in [6.07, 6.45) is 6.63. The molecule has 2 aromatic heterocycles. The van der Waals surface area contributed by atoms with Crippen LogP contribution in [0.5, 0.6) is 0 Å². The van der Waals surface area contributed by atoms with Gasteiger partial charge in [0.05, 0.1) is 17.4 Å². The topological polar surface area (TPSA) is 74.2 Å². The van der Waals surface area contributed by atoms with Crippen molar-refractivity contribution < 1.29 is 4.79 Å². The standard InChI is InChI=1S/C21H30N6OS/c1-14-15(2)29-21(22-14)25-19-13-17(23-16(3)24-19)18-9-6-7-12-27(18)20(28)10-8-11-26(4)5/h8,10,13,18H,6-7,9,11-12H2,1-5H3,(H,22,23,24,25)/b10-8+/t18-/m0/s1. The minimum absolute atomic E-state index is 0.0257. The third-order valence-corrected chi connectivity index (χ3v) is 5.97. The van der Waals surface area contributed by atoms with Crippen LogP contribution in [0.4, 0.5) is 10.9 Å². The van der Waals surface area contributed by atoms with Gasteiger partial charge in [0.2, 0.25) is 5.91 Å². The molecule has 0 unspecified atom stereocenters. The van der Waals surface area contributed by atoms with Crippen LogP contribution in [-0.4, -0.2) is 57.8 Å². The van der Waals surface area contributed by atoms with Crippen LogP contribution in [-0.2, 0) is 4.79 Å². The van der Waals surface area contributed by atoms with Crippen molar-refractivity contribution in [2.45, 2.75) is 46.1 Å². The van der Waals surface area contributed by atoms with Crippen LogP contribution in [0.2, 0.25) is 0 Å². The summed E-state index contributed by atoms with van der Waals surface area (Å²) in [6, 6.07) is 1.93. The van der Waals surface area contributed by atoms with Crippen molar-refractivity contribution in [2.24, 2.45) is 0 Å². The van der Waals surface area contributed by atoms with E-state index in [-0.39, 0.29) is 11.9 Å². The third-order valence-electron chi connectivity index (χ3n) is 4.98. The van der Waals surface area contributed by atoms with Crippen molar-refractivity contribution in [2.75, 3.05) is 32.5 Å². The number of thiazole rings is 1. The molecule has 1 N–H and O–H groups in total. The van der Waals surface area contributed by atoms with Gasteiger partial charge in [-0.25, -0.2) is 15.0 Å². The average molecular weight is 415 g/mol. The number of carbonyl (C=O) groups is 1. The summed E-state index contributed by atoms with van der Waals surface area (Å²) in [7, 11) is 3.98. The number of hydrogen-bond donors (Lipinski definition) is 1. The Morgan fingerprint density at radius 2 is 2.07 bits per heavy atom. The van der Waals surface area contributed by atoms with Gasteiger partial charge < -0.3 is 15.1 Å². The van der Waals surface area contributed by atoms with Gasteiger partial charge in [0, 0.05) is 30.1 Å². The molecular formula is C21H30N6OS. The van der Waals surface area contributed by atoms with Gasteiger partial charge >= 0.3 is 0 Å². The Labute approximate surface area is 176 Å². The highest BCUT2D eigenvalue weighted by Gasteiger charge is 2.28. The minimum Gasteiger partial charge on any atom is -0.331 e. The Kier molecular flexibility index (Phi) is 6.97. The molecule has 0 bridgehead atoms. The lowest BCUT2D eigenvalue weighted by Gasteiger charge is -2.35. The first-order valence-electron chi connectivity index (χ1n) is 10.0. The second kappa shape index (κ2) is 9.45. The maximum atomic E-state index is 12.8. The fourth-order valence-electron chi connectivity index (χ4n) is 3.42. The van der Waals surface area contributed by atoms with E-state index in [4.69, 9.17) is 0 Å². The predicted molar refractivity (Wildman–Crippen MR) is 118 cm³/mol. The zero-order valence-corrected chi connectivity index (χ0v) is 18.7. The molecule has 0 radical (unpaired) electrons. The number of rotatable bonds is 6. The zero-order valence-electron chi connectivity index (χ0n) is 17.9. The van der Waals surface area contributed by atoms with Crippen molar-refractivity contribution in [3.8, 4) is 0 Å². The molecule has 3 rings (SSSR count). The molecule has 1 saturated heterocycles. The second-order valence-electron chi connectivity index (χ2n) is 7.72. The van der Waals surface area contributed by atoms with E-state index < -0.39 is 0 Å². The number of piperidine rings is 1. The Bertz CT molecular complexity index is 872. The largest absolute Gasteiger partial charge is 0.331 e. The highest BCUT2D eigenvalue weighted by Crippen LogP contribution is 2.32. The number of amides is 1. The first-order valence-corrected chi connectivity index (χ1v) is 10.8. The van der Waals surface area contributed by atoms with Gasteiger partial charge in [-0.3, -0.25) is 4.79 Å². The van der Waals surface area contributed by atoms with E-state index in [1.807, 2.05) is 49.9 Å². The molecule has 29 heavy (non-hydrogen) atoms. The molecule has 1 aliphatic rings. The molecule has 8 heteroatoms. The number of hydrogen-bond acceptors (Lipinski definition) is 7. The number of aryl methyl sites for hydroxylation is 3. The molecule has 2 aromatic rings. The smallest absolute Gasteiger partial charge is 0.246 e. The number of anilines is 2. The second-order valence-corrected chi connectivity index (χ2v) is 8.92. The third kappa shape index (κ3) is 5.61. The van der Waals surface area contributed by atoms with E-state index in [0.29, 0.717) is 5.82 Å². The van der Waals surface area contributed by atoms with E-state index in [9.17, 15) is 4.79 Å². The molecule has 7 nitrogen and oxygen atoms in total. The van der Waals surface area contributed by atoms with E-state index in [1.54, 1.807) is 17.4 Å². The van der Waals surface area contributed by atoms with Gasteiger partial charge in [-0.05, 0) is 54.1 Å². The van der Waals surface area contributed by atoms with E-state index in [1.165, 1.54) is 4.88 Å². The van der Waals surface area contributed by atoms with Crippen molar-refractivity contribution in [3.63, 3.8) is 0 Å². The number of aromatic nitrogens is 3. The van der Waals surface area contributed by atoms with Gasteiger partial charge in [0.25, 0.3) is 0 Å². The van der Waals surface area contributed by atoms with Crippen LogP contribution < -0.4 is 5.32 Å². The van der Waals surface area contributed by atoms with Gasteiger partial charge in [-0.15, -0.1) is 11.3 Å². The number of likely N-dealkylation sites (tertiary alicyclic amines) is 1. The van der Waals surface area contributed by atoms with Gasteiger partial charge in [-0.1, -0.05) is 6.08 Å². The number of nitrogens with one attached hydrogen (secondary N) is 1. The van der Waals surface area contributed by atoms with Crippen LogP contribution in [0.1, 0.15) is 47.4 Å². The lowest BCUT2D eigenvalue weighted by atomic mass is 9.98. The molecule has 0 aliphatic carbocycles. The SMILES string of the molecule is Cc1nc(Nc2nc(C)c(C)s2)cc([C@@H]2CCCCN2C(=O)/C=C/CN(C)C)n1. The zero-order chi connectivity index (χ0) is 21.0. The van der Waals surface area contributed by atoms with Crippen LogP contribution in [0.3, 0.4) is 0 Å². The van der Waals surface area contributed by atoms with Gasteiger partial charge in [-0.2, -0.15) is 0 Å². The molecule has 1 fully saturated rings. The highest BCUT2D eigenvalue weighted by molar-refractivity contribution is 7.15. The van der Waals surface area contributed by atoms with Crippen molar-refractivity contribution in [3.05, 3.63) is 40.3 Å². The monoisotopic (exact) mass is 414 g/mol. The van der Waals surface area contributed by atoms with E-state index in [0.717, 1.165) is 54.7 Å². The van der Waals surface area contributed by atoms with Gasteiger partial charge in [0.1, 0.15) is 11.6 Å². The summed E-state index contributed by atoms with van der Waals surface area (Å²) in [5, 5.41) is 4.14. The Morgan fingerprint density at radius 3 is 2.76 bits per heavy atom. The molecular weight excluding hydrogens is 384 g/mol. The van der Waals surface area contributed by atoms with Crippen LogP contribution in [0.15, 0.2) is 18.2 Å². The van der Waals surface area contributed by atoms with Gasteiger partial charge in [0.15, 0.2) is 5.13 Å². The molecule has 1 atom stereocenters. The summed E-state index contributed by atoms with van der Waals surface area (Å²) in [5.74, 6) is 1.46. The molecule has 156 valence electrons. The summed E-state index contributed by atoms with van der Waals surface area (Å²) < 4.78 is 0. The number of carbonyl (C=O) groups excluding carboxylic acids is 1. The highest BCUT2D eigenvalue weighted by atomic mass is 32.1. The first kappa shape index (κ1) is 21.4. The summed E-state index contributed by atoms with van der Waals surface area (Å²) in [4.78, 5) is 31.7. The molecule has 0 aromatic carbocycles. The lowest BCUT2D eigenvalue weighted by molar-refractivity contribution is -0.129. The average Bonchev–Trinajstić information content (AvgIpc) is 2.98. The molecule has 0 saturated carbocycles. The van der Waals surface area contributed by atoms with Crippen LogP contribution in [0, 0.1) is 20.8 Å². The first-order chi connectivity index (χ1) is 13.8. The summed E-state index contributed by atoms with van der Waals surface area (Å²) in [6.45, 7) is 7.45. The van der Waals surface area contributed by atoms with Crippen LogP contribution >= 0.6 is 11.3 Å². The summed E-state index contributed by atoms with van der Waals surface area (Å²) in [5.41, 5.74) is 1.91. The lowest BCUT2D eigenvalue weighted by Crippen LogP contribution is -2.38. The van der Waals surface area contributed by atoms with Crippen molar-refractivity contribution in [1.82, 2.24) is 24.8 Å².